The Morgan fingerprint density at radius 3 is 2.94 bits per heavy atom. The average Bonchev–Trinajstić information content (AvgIpc) is 2.77. The predicted octanol–water partition coefficient (Wildman–Crippen LogP) is 0.149. The first-order valence-corrected chi connectivity index (χ1v) is 6.32. The number of hydrogen-bond acceptors (Lipinski definition) is 3. The molecule has 2 aliphatic heterocycles. The Bertz CT molecular complexity index is 243. The number of nitrogens with zero attached hydrogens (tertiary/aromatic N) is 2. The van der Waals surface area contributed by atoms with E-state index in [1.54, 1.807) is 4.90 Å². The topological polar surface area (TPSA) is 35.6 Å². The molecule has 1 amide bonds. The van der Waals surface area contributed by atoms with Crippen molar-refractivity contribution >= 4 is 5.91 Å². The minimum Gasteiger partial charge on any atom is -0.349 e. The monoisotopic (exact) mass is 225 g/mol. The van der Waals surface area contributed by atoms with Gasteiger partial charge in [-0.25, -0.2) is 0 Å². The summed E-state index contributed by atoms with van der Waals surface area (Å²) < 4.78 is 0. The van der Waals surface area contributed by atoms with Gasteiger partial charge in [0.1, 0.15) is 0 Å². The van der Waals surface area contributed by atoms with E-state index in [1.807, 2.05) is 14.1 Å². The van der Waals surface area contributed by atoms with Gasteiger partial charge in [-0.05, 0) is 31.8 Å². The average molecular weight is 225 g/mol. The van der Waals surface area contributed by atoms with Gasteiger partial charge in [0.25, 0.3) is 0 Å². The van der Waals surface area contributed by atoms with Crippen LogP contribution in [-0.4, -0.2) is 62.0 Å². The minimum atomic E-state index is 0.248. The standard InChI is InChI=1S/C12H23N3O/c1-14(2)12(16)4-3-7-15-8-10-5-6-13-11(10)9-15/h10-11,13H,3-9H2,1-2H3/t10-,11+/m0/s1. The molecular weight excluding hydrogens is 202 g/mol. The fourth-order valence-corrected chi connectivity index (χ4v) is 2.80. The number of amides is 1. The van der Waals surface area contributed by atoms with Gasteiger partial charge in [-0.2, -0.15) is 0 Å². The molecule has 4 heteroatoms. The summed E-state index contributed by atoms with van der Waals surface area (Å²) in [6.45, 7) is 4.69. The highest BCUT2D eigenvalue weighted by atomic mass is 16.2. The molecule has 92 valence electrons. The van der Waals surface area contributed by atoms with Crippen LogP contribution < -0.4 is 5.32 Å². The molecule has 2 heterocycles. The van der Waals surface area contributed by atoms with Gasteiger partial charge in [0.2, 0.25) is 5.91 Å². The number of rotatable bonds is 4. The van der Waals surface area contributed by atoms with Crippen LogP contribution in [0.5, 0.6) is 0 Å². The van der Waals surface area contributed by atoms with E-state index >= 15 is 0 Å². The zero-order valence-electron chi connectivity index (χ0n) is 10.4. The molecule has 0 aromatic rings. The lowest BCUT2D eigenvalue weighted by molar-refractivity contribution is -0.128. The van der Waals surface area contributed by atoms with Crippen molar-refractivity contribution in [2.45, 2.75) is 25.3 Å². The van der Waals surface area contributed by atoms with Gasteiger partial charge in [0.05, 0.1) is 0 Å². The lowest BCUT2D eigenvalue weighted by Gasteiger charge is -2.17. The summed E-state index contributed by atoms with van der Waals surface area (Å²) in [4.78, 5) is 15.6. The molecule has 1 N–H and O–H groups in total. The van der Waals surface area contributed by atoms with Crippen molar-refractivity contribution in [3.8, 4) is 0 Å². The van der Waals surface area contributed by atoms with Crippen LogP contribution in [0.4, 0.5) is 0 Å². The minimum absolute atomic E-state index is 0.248. The lowest BCUT2D eigenvalue weighted by Crippen LogP contribution is -2.31. The Hall–Kier alpha value is -0.610. The fraction of sp³-hybridized carbons (Fsp3) is 0.917. The second-order valence-corrected chi connectivity index (χ2v) is 5.26. The quantitative estimate of drug-likeness (QED) is 0.740. The van der Waals surface area contributed by atoms with Crippen LogP contribution in [0, 0.1) is 5.92 Å². The normalized spacial score (nSPS) is 29.4. The summed E-state index contributed by atoms with van der Waals surface area (Å²) in [5.74, 6) is 1.11. The van der Waals surface area contributed by atoms with E-state index in [0.29, 0.717) is 6.42 Å². The van der Waals surface area contributed by atoms with Gasteiger partial charge in [0.15, 0.2) is 0 Å². The molecule has 2 aliphatic rings. The Kier molecular flexibility index (Phi) is 3.82. The second-order valence-electron chi connectivity index (χ2n) is 5.26. The second kappa shape index (κ2) is 5.15. The van der Waals surface area contributed by atoms with Gasteiger partial charge >= 0.3 is 0 Å². The van der Waals surface area contributed by atoms with Crippen LogP contribution in [0.1, 0.15) is 19.3 Å². The zero-order valence-corrected chi connectivity index (χ0v) is 10.4. The van der Waals surface area contributed by atoms with Crippen molar-refractivity contribution in [3.05, 3.63) is 0 Å². The maximum atomic E-state index is 11.4. The van der Waals surface area contributed by atoms with Gasteiger partial charge in [-0.1, -0.05) is 0 Å². The molecule has 2 saturated heterocycles. The van der Waals surface area contributed by atoms with E-state index in [4.69, 9.17) is 0 Å². The molecule has 0 aromatic carbocycles. The fourth-order valence-electron chi connectivity index (χ4n) is 2.80. The first kappa shape index (κ1) is 11.9. The van der Waals surface area contributed by atoms with E-state index < -0.39 is 0 Å². The number of nitrogens with one attached hydrogen (secondary N) is 1. The van der Waals surface area contributed by atoms with Crippen LogP contribution >= 0.6 is 0 Å². The van der Waals surface area contributed by atoms with Crippen LogP contribution in [0.3, 0.4) is 0 Å². The van der Waals surface area contributed by atoms with Crippen LogP contribution in [0.2, 0.25) is 0 Å². The molecular formula is C12H23N3O. The van der Waals surface area contributed by atoms with Crippen molar-refractivity contribution in [1.29, 1.82) is 0 Å². The lowest BCUT2D eigenvalue weighted by atomic mass is 10.1. The summed E-state index contributed by atoms with van der Waals surface area (Å²) >= 11 is 0. The molecule has 0 radical (unpaired) electrons. The Labute approximate surface area is 98.0 Å². The van der Waals surface area contributed by atoms with Crippen molar-refractivity contribution < 1.29 is 4.79 Å². The molecule has 0 unspecified atom stereocenters. The SMILES string of the molecule is CN(C)C(=O)CCCN1C[C@@H]2CCN[C@@H]2C1. The van der Waals surface area contributed by atoms with Crippen molar-refractivity contribution in [2.75, 3.05) is 40.3 Å². The maximum Gasteiger partial charge on any atom is 0.222 e. The molecule has 4 nitrogen and oxygen atoms in total. The molecule has 0 bridgehead atoms. The third kappa shape index (κ3) is 2.74. The summed E-state index contributed by atoms with van der Waals surface area (Å²) in [7, 11) is 3.65. The highest BCUT2D eigenvalue weighted by Crippen LogP contribution is 2.24. The van der Waals surface area contributed by atoms with Crippen LogP contribution in [0.15, 0.2) is 0 Å². The first-order valence-electron chi connectivity index (χ1n) is 6.32. The number of fused-ring (bicyclic) bond motifs is 1. The van der Waals surface area contributed by atoms with E-state index in [-0.39, 0.29) is 5.91 Å². The predicted molar refractivity (Wildman–Crippen MR) is 64.3 cm³/mol. The molecule has 0 spiro atoms. The highest BCUT2D eigenvalue weighted by Gasteiger charge is 2.35. The smallest absolute Gasteiger partial charge is 0.222 e. The first-order chi connectivity index (χ1) is 7.66. The molecule has 2 atom stereocenters. The maximum absolute atomic E-state index is 11.4. The number of carbonyl (C=O) groups excluding carboxylic acids is 1. The van der Waals surface area contributed by atoms with E-state index in [0.717, 1.165) is 24.9 Å². The van der Waals surface area contributed by atoms with E-state index in [1.165, 1.54) is 26.1 Å². The van der Waals surface area contributed by atoms with E-state index in [9.17, 15) is 4.79 Å². The van der Waals surface area contributed by atoms with Crippen molar-refractivity contribution in [2.24, 2.45) is 5.92 Å². The summed E-state index contributed by atoms with van der Waals surface area (Å²) in [6, 6.07) is 0.726. The Morgan fingerprint density at radius 1 is 1.44 bits per heavy atom. The Balaban J connectivity index is 1.63. The molecule has 0 aliphatic carbocycles. The van der Waals surface area contributed by atoms with E-state index in [2.05, 4.69) is 10.2 Å². The number of hydrogen-bond donors (Lipinski definition) is 1. The zero-order chi connectivity index (χ0) is 11.5. The largest absolute Gasteiger partial charge is 0.349 e. The molecule has 0 saturated carbocycles. The Morgan fingerprint density at radius 2 is 2.25 bits per heavy atom. The summed E-state index contributed by atoms with van der Waals surface area (Å²) in [5, 5.41) is 3.55. The number of likely N-dealkylation sites (tertiary alicyclic amines) is 1. The third-order valence-electron chi connectivity index (χ3n) is 3.80. The molecule has 16 heavy (non-hydrogen) atoms. The summed E-state index contributed by atoms with van der Waals surface area (Å²) in [5.41, 5.74) is 0. The highest BCUT2D eigenvalue weighted by molar-refractivity contribution is 5.75. The van der Waals surface area contributed by atoms with Gasteiger partial charge in [-0.3, -0.25) is 4.79 Å². The summed E-state index contributed by atoms with van der Waals surface area (Å²) in [6.07, 6.45) is 3.01. The van der Waals surface area contributed by atoms with Gasteiger partial charge in [-0.15, -0.1) is 0 Å². The van der Waals surface area contributed by atoms with Gasteiger partial charge in [0, 0.05) is 39.6 Å². The third-order valence-corrected chi connectivity index (χ3v) is 3.80. The molecule has 2 rings (SSSR count). The van der Waals surface area contributed by atoms with Crippen LogP contribution in [0.25, 0.3) is 0 Å². The molecule has 2 fully saturated rings. The van der Waals surface area contributed by atoms with Gasteiger partial charge < -0.3 is 15.1 Å². The van der Waals surface area contributed by atoms with Crippen molar-refractivity contribution in [1.82, 2.24) is 15.1 Å². The van der Waals surface area contributed by atoms with Crippen molar-refractivity contribution in [3.63, 3.8) is 0 Å². The number of carbonyl (C=O) groups is 1. The van der Waals surface area contributed by atoms with Crippen LogP contribution in [-0.2, 0) is 4.79 Å². The molecule has 0 aromatic heterocycles.